The molecular weight excluding hydrogens is 290 g/mol. The molecule has 1 atom stereocenters. The summed E-state index contributed by atoms with van der Waals surface area (Å²) in [6, 6.07) is 0. The zero-order chi connectivity index (χ0) is 16.4. The van der Waals surface area contributed by atoms with E-state index in [1.54, 1.807) is 0 Å². The van der Waals surface area contributed by atoms with Crippen molar-refractivity contribution in [1.29, 1.82) is 0 Å². The second-order valence-electron chi connectivity index (χ2n) is 6.80. The van der Waals surface area contributed by atoms with E-state index >= 15 is 0 Å². The molecule has 1 saturated heterocycles. The van der Waals surface area contributed by atoms with E-state index in [0.29, 0.717) is 6.10 Å². The maximum absolute atomic E-state index is 6.24. The standard InChI is InChI=1S/C18H35N3O2/c1-3-12-23-18(10-6-5-7-11-18)15-21-17(19-4-2)20-14-16-9-8-13-22-16/h16H,3-15H2,1-2H3,(H2,19,20,21). The number of hydrogen-bond donors (Lipinski definition) is 2. The molecule has 0 aromatic heterocycles. The van der Waals surface area contributed by atoms with E-state index in [9.17, 15) is 0 Å². The number of nitrogens with one attached hydrogen (secondary N) is 2. The minimum atomic E-state index is -0.0412. The van der Waals surface area contributed by atoms with Gasteiger partial charge in [-0.25, -0.2) is 0 Å². The second kappa shape index (κ2) is 10.1. The Hall–Kier alpha value is -0.810. The minimum absolute atomic E-state index is 0.0412. The van der Waals surface area contributed by atoms with Crippen LogP contribution in [0, 0.1) is 0 Å². The molecule has 134 valence electrons. The van der Waals surface area contributed by atoms with Gasteiger partial charge in [-0.1, -0.05) is 26.2 Å². The number of aliphatic imine (C=N–C) groups is 1. The summed E-state index contributed by atoms with van der Waals surface area (Å²) in [5.41, 5.74) is -0.0412. The van der Waals surface area contributed by atoms with Crippen LogP contribution in [0.3, 0.4) is 0 Å². The molecule has 1 aliphatic heterocycles. The van der Waals surface area contributed by atoms with Crippen LogP contribution >= 0.6 is 0 Å². The van der Waals surface area contributed by atoms with Crippen LogP contribution in [0.4, 0.5) is 0 Å². The lowest BCUT2D eigenvalue weighted by molar-refractivity contribution is -0.0624. The van der Waals surface area contributed by atoms with E-state index in [-0.39, 0.29) is 5.60 Å². The Balaban J connectivity index is 1.89. The zero-order valence-corrected chi connectivity index (χ0v) is 15.0. The van der Waals surface area contributed by atoms with E-state index < -0.39 is 0 Å². The van der Waals surface area contributed by atoms with Crippen molar-refractivity contribution in [2.45, 2.75) is 76.9 Å². The fourth-order valence-electron chi connectivity index (χ4n) is 3.44. The quantitative estimate of drug-likeness (QED) is 0.532. The molecule has 1 heterocycles. The van der Waals surface area contributed by atoms with Crippen molar-refractivity contribution in [1.82, 2.24) is 10.6 Å². The van der Waals surface area contributed by atoms with Crippen molar-refractivity contribution in [3.63, 3.8) is 0 Å². The van der Waals surface area contributed by atoms with Crippen LogP contribution in [0.15, 0.2) is 4.99 Å². The molecule has 1 unspecified atom stereocenters. The monoisotopic (exact) mass is 325 g/mol. The lowest BCUT2D eigenvalue weighted by Crippen LogP contribution is -2.44. The molecule has 0 aromatic rings. The number of guanidine groups is 1. The molecule has 5 heteroatoms. The molecule has 1 saturated carbocycles. The lowest BCUT2D eigenvalue weighted by Gasteiger charge is -2.36. The Morgan fingerprint density at radius 2 is 2.00 bits per heavy atom. The van der Waals surface area contributed by atoms with Gasteiger partial charge in [-0.3, -0.25) is 4.99 Å². The van der Waals surface area contributed by atoms with Gasteiger partial charge in [0.25, 0.3) is 0 Å². The summed E-state index contributed by atoms with van der Waals surface area (Å²) < 4.78 is 11.9. The maximum atomic E-state index is 6.24. The van der Waals surface area contributed by atoms with Gasteiger partial charge in [0.15, 0.2) is 5.96 Å². The molecule has 0 spiro atoms. The van der Waals surface area contributed by atoms with Crippen molar-refractivity contribution in [3.05, 3.63) is 0 Å². The van der Waals surface area contributed by atoms with Crippen LogP contribution < -0.4 is 10.6 Å². The molecular formula is C18H35N3O2. The molecule has 0 amide bonds. The molecule has 0 bridgehead atoms. The van der Waals surface area contributed by atoms with E-state index in [4.69, 9.17) is 14.5 Å². The molecule has 2 aliphatic rings. The minimum Gasteiger partial charge on any atom is -0.376 e. The molecule has 5 nitrogen and oxygen atoms in total. The van der Waals surface area contributed by atoms with Crippen molar-refractivity contribution >= 4 is 5.96 Å². The Kier molecular flexibility index (Phi) is 8.17. The smallest absolute Gasteiger partial charge is 0.191 e. The third kappa shape index (κ3) is 6.30. The normalized spacial score (nSPS) is 24.6. The van der Waals surface area contributed by atoms with Gasteiger partial charge < -0.3 is 20.1 Å². The van der Waals surface area contributed by atoms with Gasteiger partial charge in [-0.2, -0.15) is 0 Å². The maximum Gasteiger partial charge on any atom is 0.191 e. The predicted molar refractivity (Wildman–Crippen MR) is 95.0 cm³/mol. The van der Waals surface area contributed by atoms with E-state index in [0.717, 1.165) is 64.5 Å². The molecule has 0 radical (unpaired) electrons. The SMILES string of the molecule is CCCOC1(CN=C(NCC)NCC2CCCO2)CCCCC1. The highest BCUT2D eigenvalue weighted by Crippen LogP contribution is 2.32. The van der Waals surface area contributed by atoms with Crippen molar-refractivity contribution in [2.75, 3.05) is 32.8 Å². The zero-order valence-electron chi connectivity index (χ0n) is 15.0. The van der Waals surface area contributed by atoms with Gasteiger partial charge in [0.1, 0.15) is 0 Å². The van der Waals surface area contributed by atoms with Crippen LogP contribution in [0.1, 0.15) is 65.2 Å². The first-order chi connectivity index (χ1) is 11.3. The highest BCUT2D eigenvalue weighted by atomic mass is 16.5. The van der Waals surface area contributed by atoms with E-state index in [2.05, 4.69) is 24.5 Å². The van der Waals surface area contributed by atoms with Gasteiger partial charge in [-0.15, -0.1) is 0 Å². The Morgan fingerprint density at radius 1 is 1.17 bits per heavy atom. The van der Waals surface area contributed by atoms with E-state index in [1.165, 1.54) is 25.7 Å². The van der Waals surface area contributed by atoms with Crippen LogP contribution in [-0.4, -0.2) is 50.5 Å². The second-order valence-corrected chi connectivity index (χ2v) is 6.80. The van der Waals surface area contributed by atoms with Crippen LogP contribution in [0.2, 0.25) is 0 Å². The average molecular weight is 325 g/mol. The third-order valence-electron chi connectivity index (χ3n) is 4.77. The average Bonchev–Trinajstić information content (AvgIpc) is 3.10. The molecule has 1 aliphatic carbocycles. The fraction of sp³-hybridized carbons (Fsp3) is 0.944. The molecule has 2 rings (SSSR count). The number of nitrogens with zero attached hydrogens (tertiary/aromatic N) is 1. The van der Waals surface area contributed by atoms with Crippen LogP contribution in [0.5, 0.6) is 0 Å². The Morgan fingerprint density at radius 3 is 2.65 bits per heavy atom. The summed E-state index contributed by atoms with van der Waals surface area (Å²) in [6.07, 6.45) is 9.87. The Labute approximate surface area is 141 Å². The largest absolute Gasteiger partial charge is 0.376 e. The molecule has 0 aromatic carbocycles. The highest BCUT2D eigenvalue weighted by Gasteiger charge is 2.32. The van der Waals surface area contributed by atoms with Gasteiger partial charge in [-0.05, 0) is 39.0 Å². The number of rotatable bonds is 8. The summed E-state index contributed by atoms with van der Waals surface area (Å²) in [4.78, 5) is 4.84. The highest BCUT2D eigenvalue weighted by molar-refractivity contribution is 5.79. The number of ether oxygens (including phenoxy) is 2. The summed E-state index contributed by atoms with van der Waals surface area (Å²) >= 11 is 0. The number of hydrogen-bond acceptors (Lipinski definition) is 3. The topological polar surface area (TPSA) is 54.9 Å². The predicted octanol–water partition coefficient (Wildman–Crippen LogP) is 2.85. The third-order valence-corrected chi connectivity index (χ3v) is 4.77. The first-order valence-corrected chi connectivity index (χ1v) is 9.56. The fourth-order valence-corrected chi connectivity index (χ4v) is 3.44. The summed E-state index contributed by atoms with van der Waals surface area (Å²) in [5, 5.41) is 6.78. The summed E-state index contributed by atoms with van der Waals surface area (Å²) in [6.45, 7) is 8.49. The van der Waals surface area contributed by atoms with Gasteiger partial charge >= 0.3 is 0 Å². The van der Waals surface area contributed by atoms with Crippen LogP contribution in [0.25, 0.3) is 0 Å². The van der Waals surface area contributed by atoms with Gasteiger partial charge in [0.05, 0.1) is 18.2 Å². The summed E-state index contributed by atoms with van der Waals surface area (Å²) in [7, 11) is 0. The van der Waals surface area contributed by atoms with Gasteiger partial charge in [0, 0.05) is 26.3 Å². The molecule has 2 N–H and O–H groups in total. The lowest BCUT2D eigenvalue weighted by atomic mass is 9.84. The first-order valence-electron chi connectivity index (χ1n) is 9.56. The van der Waals surface area contributed by atoms with Crippen molar-refractivity contribution in [3.8, 4) is 0 Å². The van der Waals surface area contributed by atoms with Crippen molar-refractivity contribution in [2.24, 2.45) is 4.99 Å². The van der Waals surface area contributed by atoms with Crippen molar-refractivity contribution < 1.29 is 9.47 Å². The summed E-state index contributed by atoms with van der Waals surface area (Å²) in [5.74, 6) is 0.896. The van der Waals surface area contributed by atoms with Gasteiger partial charge in [0.2, 0.25) is 0 Å². The molecule has 23 heavy (non-hydrogen) atoms. The van der Waals surface area contributed by atoms with E-state index in [1.807, 2.05) is 0 Å². The van der Waals surface area contributed by atoms with Crippen LogP contribution in [-0.2, 0) is 9.47 Å². The molecule has 2 fully saturated rings. The Bertz CT molecular complexity index is 348. The first kappa shape index (κ1) is 18.5.